The number of aromatic amines is 1. The van der Waals surface area contributed by atoms with Crippen LogP contribution in [-0.2, 0) is 19.4 Å². The van der Waals surface area contributed by atoms with E-state index in [1.165, 1.54) is 16.8 Å². The number of aryl methyl sites for hydroxylation is 1. The SMILES string of the molecule is Cc1nn([C@H]2CCS(=O)(=O)C2)c(Cl)c1/C=C/C(=O)OCC(=O)c1c(-c2ccccc2)[nH]c2ccccc12. The van der Waals surface area contributed by atoms with Crippen LogP contribution in [0.1, 0.15) is 34.1 Å². The number of para-hydroxylation sites is 1. The summed E-state index contributed by atoms with van der Waals surface area (Å²) in [6, 6.07) is 16.6. The monoisotopic (exact) mass is 537 g/mol. The molecule has 8 nitrogen and oxygen atoms in total. The van der Waals surface area contributed by atoms with E-state index >= 15 is 0 Å². The second-order valence-corrected chi connectivity index (χ2v) is 11.5. The summed E-state index contributed by atoms with van der Waals surface area (Å²) in [5.74, 6) is -0.954. The number of aromatic nitrogens is 3. The molecule has 3 heterocycles. The molecule has 1 atom stereocenters. The highest BCUT2D eigenvalue weighted by Gasteiger charge is 2.31. The maximum atomic E-state index is 13.2. The van der Waals surface area contributed by atoms with Crippen LogP contribution in [-0.4, -0.2) is 53.0 Å². The van der Waals surface area contributed by atoms with E-state index in [0.29, 0.717) is 28.9 Å². The van der Waals surface area contributed by atoms with E-state index in [9.17, 15) is 18.0 Å². The molecule has 0 aliphatic carbocycles. The number of H-pyrrole nitrogens is 1. The number of ketones is 1. The van der Waals surface area contributed by atoms with Gasteiger partial charge in [0.2, 0.25) is 5.78 Å². The molecule has 2 aromatic carbocycles. The number of rotatable bonds is 7. The van der Waals surface area contributed by atoms with Gasteiger partial charge in [-0.1, -0.05) is 60.1 Å². The van der Waals surface area contributed by atoms with Gasteiger partial charge in [0.1, 0.15) is 5.15 Å². The maximum absolute atomic E-state index is 13.2. The highest BCUT2D eigenvalue weighted by Crippen LogP contribution is 2.32. The predicted molar refractivity (Wildman–Crippen MR) is 142 cm³/mol. The maximum Gasteiger partial charge on any atom is 0.331 e. The number of nitrogens with zero attached hydrogens (tertiary/aromatic N) is 2. The lowest BCUT2D eigenvalue weighted by atomic mass is 10.0. The van der Waals surface area contributed by atoms with Gasteiger partial charge in [-0.25, -0.2) is 17.9 Å². The Kier molecular flexibility index (Phi) is 6.74. The first kappa shape index (κ1) is 25.0. The number of sulfone groups is 1. The van der Waals surface area contributed by atoms with Crippen molar-refractivity contribution in [1.29, 1.82) is 0 Å². The topological polar surface area (TPSA) is 111 Å². The van der Waals surface area contributed by atoms with Crippen LogP contribution in [0, 0.1) is 6.92 Å². The molecule has 1 fully saturated rings. The van der Waals surface area contributed by atoms with Crippen LogP contribution in [0.3, 0.4) is 0 Å². The summed E-state index contributed by atoms with van der Waals surface area (Å²) in [7, 11) is -3.10. The molecule has 1 saturated heterocycles. The Hall–Kier alpha value is -3.69. The summed E-state index contributed by atoms with van der Waals surface area (Å²) in [5, 5.41) is 5.38. The van der Waals surface area contributed by atoms with Crippen LogP contribution in [0.4, 0.5) is 0 Å². The normalized spacial score (nSPS) is 17.0. The highest BCUT2D eigenvalue weighted by atomic mass is 35.5. The number of hydrogen-bond acceptors (Lipinski definition) is 6. The van der Waals surface area contributed by atoms with Crippen molar-refractivity contribution in [2.45, 2.75) is 19.4 Å². The van der Waals surface area contributed by atoms with E-state index in [2.05, 4.69) is 10.1 Å². The standard InChI is InChI=1S/C27H24ClN3O5S/c1-17-20(27(28)31(30-17)19-13-14-37(34,35)16-19)11-12-24(33)36-15-23(32)25-21-9-5-6-10-22(21)29-26(25)18-7-3-2-4-8-18/h2-12,19,29H,13-16H2,1H3/b12-11+/t19-/m0/s1. The molecule has 0 amide bonds. The Morgan fingerprint density at radius 1 is 1.16 bits per heavy atom. The molecule has 0 unspecified atom stereocenters. The van der Waals surface area contributed by atoms with Gasteiger partial charge in [0.25, 0.3) is 0 Å². The van der Waals surface area contributed by atoms with Gasteiger partial charge in [-0.2, -0.15) is 5.10 Å². The molecule has 0 bridgehead atoms. The molecule has 4 aromatic rings. The Labute approximate surface area is 218 Å². The van der Waals surface area contributed by atoms with Crippen molar-refractivity contribution in [3.05, 3.63) is 82.6 Å². The Bertz CT molecular complexity index is 1640. The number of fused-ring (bicyclic) bond motifs is 1. The first-order chi connectivity index (χ1) is 17.7. The minimum Gasteiger partial charge on any atom is -0.454 e. The van der Waals surface area contributed by atoms with Crippen molar-refractivity contribution < 1.29 is 22.7 Å². The number of carbonyl (C=O) groups excluding carboxylic acids is 2. The summed E-state index contributed by atoms with van der Waals surface area (Å²) in [5.41, 5.74) is 3.85. The predicted octanol–water partition coefficient (Wildman–Crippen LogP) is 4.79. The summed E-state index contributed by atoms with van der Waals surface area (Å²) in [6.07, 6.45) is 3.10. The number of benzene rings is 2. The summed E-state index contributed by atoms with van der Waals surface area (Å²) >= 11 is 6.46. The van der Waals surface area contributed by atoms with E-state index < -0.39 is 22.4 Å². The molecule has 1 N–H and O–H groups in total. The molecule has 190 valence electrons. The van der Waals surface area contributed by atoms with E-state index in [1.807, 2.05) is 54.6 Å². The second-order valence-electron chi connectivity index (χ2n) is 8.94. The van der Waals surface area contributed by atoms with Gasteiger partial charge in [0.05, 0.1) is 34.5 Å². The van der Waals surface area contributed by atoms with Crippen LogP contribution in [0.5, 0.6) is 0 Å². The molecule has 0 radical (unpaired) electrons. The van der Waals surface area contributed by atoms with E-state index in [0.717, 1.165) is 16.5 Å². The quantitative estimate of drug-likeness (QED) is 0.206. The Balaban J connectivity index is 1.31. The first-order valence-electron chi connectivity index (χ1n) is 11.7. The molecule has 1 aliphatic heterocycles. The van der Waals surface area contributed by atoms with Crippen LogP contribution in [0.15, 0.2) is 60.7 Å². The van der Waals surface area contributed by atoms with Crippen molar-refractivity contribution >= 4 is 50.2 Å². The molecular formula is C27H24ClN3O5S. The molecular weight excluding hydrogens is 514 g/mol. The largest absolute Gasteiger partial charge is 0.454 e. The number of hydrogen-bond donors (Lipinski definition) is 1. The molecule has 1 aliphatic rings. The van der Waals surface area contributed by atoms with Crippen molar-refractivity contribution in [2.24, 2.45) is 0 Å². The third-order valence-corrected chi connectivity index (χ3v) is 8.53. The van der Waals surface area contributed by atoms with Crippen LogP contribution in [0.2, 0.25) is 5.15 Å². The third-order valence-electron chi connectivity index (χ3n) is 6.40. The third kappa shape index (κ3) is 5.10. The van der Waals surface area contributed by atoms with Crippen molar-refractivity contribution in [3.8, 4) is 11.3 Å². The van der Waals surface area contributed by atoms with Gasteiger partial charge in [0.15, 0.2) is 16.4 Å². The van der Waals surface area contributed by atoms with Gasteiger partial charge in [0, 0.05) is 22.5 Å². The molecule has 10 heteroatoms. The summed E-state index contributed by atoms with van der Waals surface area (Å²) in [6.45, 7) is 1.29. The fourth-order valence-electron chi connectivity index (χ4n) is 4.59. The highest BCUT2D eigenvalue weighted by molar-refractivity contribution is 7.91. The minimum atomic E-state index is -3.10. The average molecular weight is 538 g/mol. The summed E-state index contributed by atoms with van der Waals surface area (Å²) in [4.78, 5) is 29.0. The number of nitrogens with one attached hydrogen (secondary N) is 1. The zero-order valence-electron chi connectivity index (χ0n) is 20.0. The average Bonchev–Trinajstić information content (AvgIpc) is 3.54. The number of esters is 1. The number of carbonyl (C=O) groups is 2. The van der Waals surface area contributed by atoms with E-state index in [1.54, 1.807) is 6.92 Å². The van der Waals surface area contributed by atoms with Crippen LogP contribution in [0.25, 0.3) is 28.2 Å². The lowest BCUT2D eigenvalue weighted by Crippen LogP contribution is -2.13. The molecule has 5 rings (SSSR count). The molecule has 37 heavy (non-hydrogen) atoms. The second kappa shape index (κ2) is 9.99. The lowest BCUT2D eigenvalue weighted by Gasteiger charge is -2.09. The van der Waals surface area contributed by atoms with E-state index in [4.69, 9.17) is 16.3 Å². The smallest absolute Gasteiger partial charge is 0.331 e. The summed E-state index contributed by atoms with van der Waals surface area (Å²) < 4.78 is 30.4. The van der Waals surface area contributed by atoms with Gasteiger partial charge < -0.3 is 9.72 Å². The fraction of sp³-hybridized carbons (Fsp3) is 0.222. The van der Waals surface area contributed by atoms with Gasteiger partial charge in [-0.3, -0.25) is 4.79 Å². The van der Waals surface area contributed by atoms with Crippen molar-refractivity contribution in [1.82, 2.24) is 14.8 Å². The van der Waals surface area contributed by atoms with Crippen molar-refractivity contribution in [3.63, 3.8) is 0 Å². The lowest BCUT2D eigenvalue weighted by molar-refractivity contribution is -0.136. The zero-order chi connectivity index (χ0) is 26.2. The first-order valence-corrected chi connectivity index (χ1v) is 13.9. The molecule has 0 saturated carbocycles. The fourth-order valence-corrected chi connectivity index (χ4v) is 6.66. The minimum absolute atomic E-state index is 0.0139. The van der Waals surface area contributed by atoms with Crippen molar-refractivity contribution in [2.75, 3.05) is 18.1 Å². The number of ether oxygens (including phenoxy) is 1. The Morgan fingerprint density at radius 3 is 2.62 bits per heavy atom. The van der Waals surface area contributed by atoms with Crippen LogP contribution < -0.4 is 0 Å². The number of Topliss-reactive ketones (excluding diaryl/α,β-unsaturated/α-hetero) is 1. The molecule has 2 aromatic heterocycles. The zero-order valence-corrected chi connectivity index (χ0v) is 21.6. The Morgan fingerprint density at radius 2 is 1.89 bits per heavy atom. The van der Waals surface area contributed by atoms with E-state index in [-0.39, 0.29) is 28.5 Å². The number of halogens is 1. The van der Waals surface area contributed by atoms with Gasteiger partial charge in [-0.15, -0.1) is 0 Å². The van der Waals surface area contributed by atoms with Gasteiger partial charge in [-0.05, 0) is 31.1 Å². The van der Waals surface area contributed by atoms with Gasteiger partial charge >= 0.3 is 5.97 Å². The molecule has 0 spiro atoms. The van der Waals surface area contributed by atoms with Crippen LogP contribution >= 0.6 is 11.6 Å².